The van der Waals surface area contributed by atoms with Gasteiger partial charge in [0.05, 0.1) is 5.69 Å². The fourth-order valence-corrected chi connectivity index (χ4v) is 1.36. The second kappa shape index (κ2) is 6.15. The van der Waals surface area contributed by atoms with Gasteiger partial charge in [-0.05, 0) is 21.0 Å². The fraction of sp³-hybridized carbons (Fsp3) is 0.545. The Bertz CT molecular complexity index is 428. The summed E-state index contributed by atoms with van der Waals surface area (Å²) in [6.45, 7) is 2.23. The molecule has 1 rings (SSSR count). The summed E-state index contributed by atoms with van der Waals surface area (Å²) in [4.78, 5) is 25.9. The van der Waals surface area contributed by atoms with Gasteiger partial charge in [-0.3, -0.25) is 9.59 Å². The van der Waals surface area contributed by atoms with Crippen LogP contribution in [-0.4, -0.2) is 65.7 Å². The van der Waals surface area contributed by atoms with Gasteiger partial charge in [-0.25, -0.2) is 0 Å². The van der Waals surface area contributed by atoms with Gasteiger partial charge in [-0.1, -0.05) is 5.16 Å². The molecule has 1 aromatic rings. The van der Waals surface area contributed by atoms with Crippen molar-refractivity contribution in [2.75, 3.05) is 33.7 Å². The average Bonchev–Trinajstić information content (AvgIpc) is 2.69. The second-order valence-electron chi connectivity index (χ2n) is 4.26. The molecule has 0 spiro atoms. The first-order valence-electron chi connectivity index (χ1n) is 5.49. The van der Waals surface area contributed by atoms with Gasteiger partial charge in [0.15, 0.2) is 0 Å². The van der Waals surface area contributed by atoms with Crippen molar-refractivity contribution >= 4 is 11.9 Å². The molecule has 0 aliphatic rings. The van der Waals surface area contributed by atoms with E-state index in [1.54, 1.807) is 6.92 Å². The van der Waals surface area contributed by atoms with E-state index in [1.807, 2.05) is 19.0 Å². The first-order chi connectivity index (χ1) is 8.40. The number of nitrogens with zero attached hydrogens (tertiary/aromatic N) is 3. The zero-order chi connectivity index (χ0) is 13.7. The van der Waals surface area contributed by atoms with Gasteiger partial charge in [-0.15, -0.1) is 0 Å². The minimum atomic E-state index is -1.06. The van der Waals surface area contributed by atoms with Gasteiger partial charge >= 0.3 is 5.97 Å². The van der Waals surface area contributed by atoms with Crippen LogP contribution in [0.4, 0.5) is 0 Å². The molecule has 7 heteroatoms. The Hall–Kier alpha value is -1.89. The summed E-state index contributed by atoms with van der Waals surface area (Å²) in [5.74, 6) is -1.45. The SMILES string of the molecule is Cc1cc(C(=O)N(CCN(C)C)CC(=O)O)on1. The molecule has 0 atom stereocenters. The van der Waals surface area contributed by atoms with Gasteiger partial charge in [0.1, 0.15) is 6.54 Å². The quantitative estimate of drug-likeness (QED) is 0.774. The number of carboxylic acids is 1. The predicted octanol–water partition coefficient (Wildman–Crippen LogP) is 0.0714. The van der Waals surface area contributed by atoms with Crippen molar-refractivity contribution < 1.29 is 19.2 Å². The Balaban J connectivity index is 2.75. The molecule has 18 heavy (non-hydrogen) atoms. The number of carboxylic acid groups (broad SMARTS) is 1. The Labute approximate surface area is 105 Å². The summed E-state index contributed by atoms with van der Waals surface area (Å²) >= 11 is 0. The van der Waals surface area contributed by atoms with Gasteiger partial charge in [0, 0.05) is 19.2 Å². The average molecular weight is 255 g/mol. The van der Waals surface area contributed by atoms with E-state index in [9.17, 15) is 9.59 Å². The molecule has 0 aliphatic carbocycles. The number of likely N-dealkylation sites (N-methyl/N-ethyl adjacent to an activating group) is 1. The lowest BCUT2D eigenvalue weighted by Gasteiger charge is -2.21. The van der Waals surface area contributed by atoms with Crippen LogP contribution >= 0.6 is 0 Å². The van der Waals surface area contributed by atoms with Crippen molar-refractivity contribution in [3.63, 3.8) is 0 Å². The molecule has 0 unspecified atom stereocenters. The number of hydrogen-bond donors (Lipinski definition) is 1. The summed E-state index contributed by atoms with van der Waals surface area (Å²) in [6, 6.07) is 1.49. The van der Waals surface area contributed by atoms with Crippen LogP contribution in [0.1, 0.15) is 16.2 Å². The van der Waals surface area contributed by atoms with E-state index in [0.29, 0.717) is 18.8 Å². The summed E-state index contributed by atoms with van der Waals surface area (Å²) in [6.07, 6.45) is 0. The molecule has 7 nitrogen and oxygen atoms in total. The number of carbonyl (C=O) groups is 2. The maximum Gasteiger partial charge on any atom is 0.323 e. The zero-order valence-electron chi connectivity index (χ0n) is 10.7. The van der Waals surface area contributed by atoms with Crippen molar-refractivity contribution in [2.45, 2.75) is 6.92 Å². The topological polar surface area (TPSA) is 86.9 Å². The van der Waals surface area contributed by atoms with Crippen LogP contribution in [-0.2, 0) is 4.79 Å². The summed E-state index contributed by atoms with van der Waals surface area (Å²) in [7, 11) is 3.70. The molecule has 100 valence electrons. The zero-order valence-corrected chi connectivity index (χ0v) is 10.7. The highest BCUT2D eigenvalue weighted by Crippen LogP contribution is 2.06. The third-order valence-corrected chi connectivity index (χ3v) is 2.27. The molecular weight excluding hydrogens is 238 g/mol. The lowest BCUT2D eigenvalue weighted by Crippen LogP contribution is -2.39. The lowest BCUT2D eigenvalue weighted by molar-refractivity contribution is -0.137. The smallest absolute Gasteiger partial charge is 0.323 e. The molecule has 0 radical (unpaired) electrons. The summed E-state index contributed by atoms with van der Waals surface area (Å²) < 4.78 is 4.85. The fourth-order valence-electron chi connectivity index (χ4n) is 1.36. The highest BCUT2D eigenvalue weighted by molar-refractivity contribution is 5.93. The molecule has 0 aliphatic heterocycles. The number of rotatable bonds is 6. The molecule has 1 heterocycles. The molecule has 0 aromatic carbocycles. The van der Waals surface area contributed by atoms with Gasteiger partial charge in [0.2, 0.25) is 5.76 Å². The van der Waals surface area contributed by atoms with E-state index in [1.165, 1.54) is 11.0 Å². The maximum absolute atomic E-state index is 12.0. The van der Waals surface area contributed by atoms with Crippen molar-refractivity contribution in [2.24, 2.45) is 0 Å². The molecule has 0 bridgehead atoms. The molecular formula is C11H17N3O4. The monoisotopic (exact) mass is 255 g/mol. The Morgan fingerprint density at radius 1 is 1.39 bits per heavy atom. The Morgan fingerprint density at radius 3 is 2.50 bits per heavy atom. The molecule has 0 saturated heterocycles. The van der Waals surface area contributed by atoms with E-state index in [2.05, 4.69) is 5.16 Å². The van der Waals surface area contributed by atoms with Crippen molar-refractivity contribution in [1.82, 2.24) is 15.0 Å². The van der Waals surface area contributed by atoms with Crippen LogP contribution in [0.3, 0.4) is 0 Å². The number of amides is 1. The van der Waals surface area contributed by atoms with Crippen LogP contribution in [0, 0.1) is 6.92 Å². The van der Waals surface area contributed by atoms with E-state index >= 15 is 0 Å². The molecule has 1 N–H and O–H groups in total. The van der Waals surface area contributed by atoms with Crippen molar-refractivity contribution in [3.8, 4) is 0 Å². The number of aromatic nitrogens is 1. The van der Waals surface area contributed by atoms with Crippen LogP contribution in [0.15, 0.2) is 10.6 Å². The van der Waals surface area contributed by atoms with E-state index < -0.39 is 11.9 Å². The minimum absolute atomic E-state index is 0.0625. The van der Waals surface area contributed by atoms with Gasteiger partial charge in [0.25, 0.3) is 5.91 Å². The second-order valence-corrected chi connectivity index (χ2v) is 4.26. The normalized spacial score (nSPS) is 10.7. The number of aliphatic carboxylic acids is 1. The first kappa shape index (κ1) is 14.2. The Kier molecular flexibility index (Phi) is 4.85. The van der Waals surface area contributed by atoms with Crippen molar-refractivity contribution in [1.29, 1.82) is 0 Å². The van der Waals surface area contributed by atoms with E-state index in [-0.39, 0.29) is 12.3 Å². The maximum atomic E-state index is 12.0. The Morgan fingerprint density at radius 2 is 2.06 bits per heavy atom. The third-order valence-electron chi connectivity index (χ3n) is 2.27. The molecule has 0 fully saturated rings. The van der Waals surface area contributed by atoms with Crippen LogP contribution in [0.2, 0.25) is 0 Å². The van der Waals surface area contributed by atoms with Crippen LogP contribution < -0.4 is 0 Å². The van der Waals surface area contributed by atoms with E-state index in [0.717, 1.165) is 0 Å². The molecule has 1 amide bonds. The molecule has 0 saturated carbocycles. The van der Waals surface area contributed by atoms with Gasteiger partial charge in [-0.2, -0.15) is 0 Å². The lowest BCUT2D eigenvalue weighted by atomic mass is 10.3. The number of carbonyl (C=O) groups excluding carboxylic acids is 1. The predicted molar refractivity (Wildman–Crippen MR) is 63.3 cm³/mol. The standard InChI is InChI=1S/C11H17N3O4/c1-8-6-9(18-12-8)11(17)14(7-10(15)16)5-4-13(2)3/h6H,4-5,7H2,1-3H3,(H,15,16). The first-order valence-corrected chi connectivity index (χ1v) is 5.49. The minimum Gasteiger partial charge on any atom is -0.480 e. The number of hydrogen-bond acceptors (Lipinski definition) is 5. The van der Waals surface area contributed by atoms with Crippen molar-refractivity contribution in [3.05, 3.63) is 17.5 Å². The highest BCUT2D eigenvalue weighted by Gasteiger charge is 2.21. The largest absolute Gasteiger partial charge is 0.480 e. The number of aryl methyl sites for hydroxylation is 1. The highest BCUT2D eigenvalue weighted by atomic mass is 16.5. The third kappa shape index (κ3) is 4.17. The van der Waals surface area contributed by atoms with Crippen LogP contribution in [0.5, 0.6) is 0 Å². The van der Waals surface area contributed by atoms with Gasteiger partial charge < -0.3 is 19.4 Å². The van der Waals surface area contributed by atoms with E-state index in [4.69, 9.17) is 9.63 Å². The summed E-state index contributed by atoms with van der Waals surface area (Å²) in [5, 5.41) is 12.4. The summed E-state index contributed by atoms with van der Waals surface area (Å²) in [5.41, 5.74) is 0.584. The molecule has 1 aromatic heterocycles. The van der Waals surface area contributed by atoms with Crippen LogP contribution in [0.25, 0.3) is 0 Å².